The Morgan fingerprint density at radius 3 is 2.62 bits per heavy atom. The van der Waals surface area contributed by atoms with Crippen LogP contribution in [0.2, 0.25) is 0 Å². The summed E-state index contributed by atoms with van der Waals surface area (Å²) in [5.41, 5.74) is 3.30. The number of carbonyl (C=O) groups is 1. The molecule has 24 heavy (non-hydrogen) atoms. The lowest BCUT2D eigenvalue weighted by atomic mass is 9.90. The molecule has 6 heteroatoms. The molecular weight excluding hydrogens is 304 g/mol. The highest BCUT2D eigenvalue weighted by Crippen LogP contribution is 2.22. The van der Waals surface area contributed by atoms with Crippen molar-refractivity contribution in [1.29, 1.82) is 0 Å². The van der Waals surface area contributed by atoms with E-state index in [9.17, 15) is 4.79 Å². The first-order valence-electron chi connectivity index (χ1n) is 8.11. The van der Waals surface area contributed by atoms with Crippen LogP contribution in [0.4, 0.5) is 10.5 Å². The fourth-order valence-corrected chi connectivity index (χ4v) is 2.51. The van der Waals surface area contributed by atoms with Gasteiger partial charge in [-0.3, -0.25) is 0 Å². The van der Waals surface area contributed by atoms with Crippen molar-refractivity contribution >= 4 is 11.7 Å². The quantitative estimate of drug-likeness (QED) is 0.762. The highest BCUT2D eigenvalue weighted by molar-refractivity contribution is 5.91. The molecule has 1 aromatic carbocycles. The number of aryl methyl sites for hydroxylation is 2. The van der Waals surface area contributed by atoms with E-state index in [1.165, 1.54) is 0 Å². The zero-order valence-corrected chi connectivity index (χ0v) is 14.8. The van der Waals surface area contributed by atoms with Crippen LogP contribution in [-0.2, 0) is 0 Å². The molecule has 1 aromatic heterocycles. The number of anilines is 1. The molecule has 130 valence electrons. The van der Waals surface area contributed by atoms with Crippen molar-refractivity contribution in [2.75, 3.05) is 18.5 Å². The molecule has 0 radical (unpaired) electrons. The number of aromatic nitrogens is 2. The molecule has 0 spiro atoms. The zero-order chi connectivity index (χ0) is 17.7. The van der Waals surface area contributed by atoms with Gasteiger partial charge >= 0.3 is 6.03 Å². The van der Waals surface area contributed by atoms with Gasteiger partial charge in [0.15, 0.2) is 0 Å². The second kappa shape index (κ2) is 7.49. The molecular formula is C18H26N4O2. The van der Waals surface area contributed by atoms with Crippen molar-refractivity contribution in [3.8, 4) is 5.69 Å². The summed E-state index contributed by atoms with van der Waals surface area (Å²) in [5.74, 6) is 0. The number of urea groups is 1. The molecule has 2 aromatic rings. The van der Waals surface area contributed by atoms with Crippen molar-refractivity contribution in [1.82, 2.24) is 15.1 Å². The Labute approximate surface area is 142 Å². The molecule has 0 aliphatic carbocycles. The van der Waals surface area contributed by atoms with E-state index in [1.807, 2.05) is 62.7 Å². The van der Waals surface area contributed by atoms with Gasteiger partial charge in [0.05, 0.1) is 17.1 Å². The SMILES string of the molecule is Cc1cc(C)n(-c2ccccc2NC(=O)NCC(C)(C)CCO)n1. The van der Waals surface area contributed by atoms with Crippen LogP contribution in [-0.4, -0.2) is 34.1 Å². The van der Waals surface area contributed by atoms with Gasteiger partial charge in [-0.15, -0.1) is 0 Å². The Balaban J connectivity index is 2.11. The van der Waals surface area contributed by atoms with Crippen molar-refractivity contribution in [3.05, 3.63) is 41.7 Å². The number of amides is 2. The molecule has 0 saturated carbocycles. The van der Waals surface area contributed by atoms with Gasteiger partial charge in [0, 0.05) is 18.8 Å². The van der Waals surface area contributed by atoms with Gasteiger partial charge in [-0.1, -0.05) is 26.0 Å². The minimum Gasteiger partial charge on any atom is -0.396 e. The normalized spacial score (nSPS) is 11.4. The number of carbonyl (C=O) groups excluding carboxylic acids is 1. The van der Waals surface area contributed by atoms with Crippen molar-refractivity contribution in [3.63, 3.8) is 0 Å². The van der Waals surface area contributed by atoms with Crippen LogP contribution >= 0.6 is 0 Å². The van der Waals surface area contributed by atoms with Crippen LogP contribution in [0.25, 0.3) is 5.69 Å². The lowest BCUT2D eigenvalue weighted by molar-refractivity contribution is 0.204. The summed E-state index contributed by atoms with van der Waals surface area (Å²) in [6.07, 6.45) is 0.635. The van der Waals surface area contributed by atoms with Crippen LogP contribution in [0.5, 0.6) is 0 Å². The van der Waals surface area contributed by atoms with E-state index in [2.05, 4.69) is 15.7 Å². The molecule has 0 saturated heterocycles. The number of nitrogens with zero attached hydrogens (tertiary/aromatic N) is 2. The number of para-hydroxylation sites is 2. The average Bonchev–Trinajstić information content (AvgIpc) is 2.84. The van der Waals surface area contributed by atoms with Crippen LogP contribution in [0.15, 0.2) is 30.3 Å². The Hall–Kier alpha value is -2.34. The van der Waals surface area contributed by atoms with E-state index in [1.54, 1.807) is 0 Å². The van der Waals surface area contributed by atoms with E-state index >= 15 is 0 Å². The Morgan fingerprint density at radius 1 is 1.29 bits per heavy atom. The maximum Gasteiger partial charge on any atom is 0.319 e. The summed E-state index contributed by atoms with van der Waals surface area (Å²) in [6.45, 7) is 8.53. The van der Waals surface area contributed by atoms with Gasteiger partial charge in [0.1, 0.15) is 0 Å². The van der Waals surface area contributed by atoms with Gasteiger partial charge in [0.2, 0.25) is 0 Å². The Bertz CT molecular complexity index is 707. The second-order valence-electron chi connectivity index (χ2n) is 6.80. The summed E-state index contributed by atoms with van der Waals surface area (Å²) in [4.78, 5) is 12.2. The molecule has 0 aliphatic rings. The first kappa shape index (κ1) is 18.0. The van der Waals surface area contributed by atoms with E-state index in [0.29, 0.717) is 18.7 Å². The number of hydrogen-bond donors (Lipinski definition) is 3. The van der Waals surface area contributed by atoms with Crippen LogP contribution in [0.3, 0.4) is 0 Å². The molecule has 6 nitrogen and oxygen atoms in total. The topological polar surface area (TPSA) is 79.2 Å². The summed E-state index contributed by atoms with van der Waals surface area (Å²) in [7, 11) is 0. The third-order valence-electron chi connectivity index (χ3n) is 3.91. The third kappa shape index (κ3) is 4.58. The number of aliphatic hydroxyl groups excluding tert-OH is 1. The van der Waals surface area contributed by atoms with E-state index in [0.717, 1.165) is 17.1 Å². The number of rotatable bonds is 6. The number of aliphatic hydroxyl groups is 1. The first-order valence-corrected chi connectivity index (χ1v) is 8.11. The molecule has 0 bridgehead atoms. The largest absolute Gasteiger partial charge is 0.396 e. The summed E-state index contributed by atoms with van der Waals surface area (Å²) < 4.78 is 1.82. The molecule has 3 N–H and O–H groups in total. The van der Waals surface area contributed by atoms with E-state index in [4.69, 9.17) is 5.11 Å². The standard InChI is InChI=1S/C18H26N4O2/c1-13-11-14(2)22(21-13)16-8-6-5-7-15(16)20-17(24)19-12-18(3,4)9-10-23/h5-8,11,23H,9-10,12H2,1-4H3,(H2,19,20,24). The lowest BCUT2D eigenvalue weighted by Crippen LogP contribution is -2.37. The van der Waals surface area contributed by atoms with Gasteiger partial charge < -0.3 is 15.7 Å². The fraction of sp³-hybridized carbons (Fsp3) is 0.444. The molecule has 0 aliphatic heterocycles. The molecule has 0 atom stereocenters. The van der Waals surface area contributed by atoms with Crippen molar-refractivity contribution < 1.29 is 9.90 Å². The monoisotopic (exact) mass is 330 g/mol. The van der Waals surface area contributed by atoms with E-state index in [-0.39, 0.29) is 18.1 Å². The minimum atomic E-state index is -0.269. The smallest absolute Gasteiger partial charge is 0.319 e. The highest BCUT2D eigenvalue weighted by Gasteiger charge is 2.18. The number of benzene rings is 1. The predicted molar refractivity (Wildman–Crippen MR) is 95.5 cm³/mol. The third-order valence-corrected chi connectivity index (χ3v) is 3.91. The van der Waals surface area contributed by atoms with Crippen LogP contribution < -0.4 is 10.6 Å². The molecule has 0 unspecified atom stereocenters. The first-order chi connectivity index (χ1) is 11.3. The molecule has 1 heterocycles. The number of hydrogen-bond acceptors (Lipinski definition) is 3. The van der Waals surface area contributed by atoms with Gasteiger partial charge in [-0.05, 0) is 43.9 Å². The van der Waals surface area contributed by atoms with Gasteiger partial charge in [-0.2, -0.15) is 5.10 Å². The Kier molecular flexibility index (Phi) is 5.62. The predicted octanol–water partition coefficient (Wildman–Crippen LogP) is 3.02. The maximum absolute atomic E-state index is 12.2. The summed E-state index contributed by atoms with van der Waals surface area (Å²) >= 11 is 0. The summed E-state index contributed by atoms with van der Waals surface area (Å²) in [6, 6.07) is 9.29. The fourth-order valence-electron chi connectivity index (χ4n) is 2.51. The van der Waals surface area contributed by atoms with Crippen molar-refractivity contribution in [2.24, 2.45) is 5.41 Å². The van der Waals surface area contributed by atoms with Crippen molar-refractivity contribution in [2.45, 2.75) is 34.1 Å². The average molecular weight is 330 g/mol. The number of nitrogens with one attached hydrogen (secondary N) is 2. The lowest BCUT2D eigenvalue weighted by Gasteiger charge is -2.24. The van der Waals surface area contributed by atoms with Gasteiger partial charge in [-0.25, -0.2) is 9.48 Å². The highest BCUT2D eigenvalue weighted by atomic mass is 16.3. The minimum absolute atomic E-state index is 0.108. The van der Waals surface area contributed by atoms with E-state index < -0.39 is 0 Å². The Morgan fingerprint density at radius 2 is 2.00 bits per heavy atom. The van der Waals surface area contributed by atoms with Crippen LogP contribution in [0, 0.1) is 19.3 Å². The second-order valence-corrected chi connectivity index (χ2v) is 6.80. The van der Waals surface area contributed by atoms with Gasteiger partial charge in [0.25, 0.3) is 0 Å². The summed E-state index contributed by atoms with van der Waals surface area (Å²) in [5, 5.41) is 19.3. The molecule has 2 amide bonds. The zero-order valence-electron chi connectivity index (χ0n) is 14.8. The molecule has 2 rings (SSSR count). The van der Waals surface area contributed by atoms with Crippen LogP contribution in [0.1, 0.15) is 31.7 Å². The maximum atomic E-state index is 12.2. The molecule has 0 fully saturated rings.